The van der Waals surface area contributed by atoms with Gasteiger partial charge in [0, 0.05) is 12.6 Å². The fourth-order valence-corrected chi connectivity index (χ4v) is 1.69. The Hall–Kier alpha value is -2.63. The van der Waals surface area contributed by atoms with E-state index in [-0.39, 0.29) is 5.70 Å². The van der Waals surface area contributed by atoms with Crippen LogP contribution in [-0.2, 0) is 6.42 Å². The van der Waals surface area contributed by atoms with Crippen LogP contribution in [0.5, 0.6) is 0 Å². The molecule has 0 saturated carbocycles. The zero-order valence-electron chi connectivity index (χ0n) is 10.1. The highest BCUT2D eigenvalue weighted by molar-refractivity contribution is 5.86. The maximum Gasteiger partial charge on any atom is 0.449 e. The van der Waals surface area contributed by atoms with Crippen molar-refractivity contribution in [1.82, 2.24) is 5.32 Å². The fraction of sp³-hybridized carbons (Fsp3) is 0.154. The first-order valence-electron chi connectivity index (χ1n) is 5.78. The number of aliphatic hydroxyl groups is 1. The van der Waals surface area contributed by atoms with E-state index in [1.165, 1.54) is 12.3 Å². The van der Waals surface area contributed by atoms with Gasteiger partial charge in [-0.15, -0.1) is 0 Å². The molecule has 2 rings (SSSR count). The Morgan fingerprint density at radius 3 is 2.74 bits per heavy atom. The lowest BCUT2D eigenvalue weighted by Gasteiger charge is -2.12. The van der Waals surface area contributed by atoms with Gasteiger partial charge in [0.1, 0.15) is 10.8 Å². The van der Waals surface area contributed by atoms with Gasteiger partial charge < -0.3 is 10.4 Å². The molecule has 0 fully saturated rings. The maximum absolute atomic E-state index is 10.5. The zero-order valence-corrected chi connectivity index (χ0v) is 10.1. The highest BCUT2D eigenvalue weighted by atomic mass is 16.7. The lowest BCUT2D eigenvalue weighted by atomic mass is 10.1. The first-order chi connectivity index (χ1) is 9.16. The van der Waals surface area contributed by atoms with Crippen LogP contribution in [0, 0.1) is 10.1 Å². The molecule has 6 nitrogen and oxygen atoms in total. The quantitative estimate of drug-likeness (QED) is 0.492. The largest absolute Gasteiger partial charge is 0.454 e. The Morgan fingerprint density at radius 2 is 2.05 bits per heavy atom. The van der Waals surface area contributed by atoms with Gasteiger partial charge in [-0.3, -0.25) is 10.1 Å². The number of aryl methyl sites for hydroxylation is 1. The molecular weight excluding hydrogens is 246 g/mol. The number of aliphatic hydroxyl groups excluding tert-OH is 1. The first kappa shape index (κ1) is 12.8. The zero-order chi connectivity index (χ0) is 13.7. The summed E-state index contributed by atoms with van der Waals surface area (Å²) in [4.78, 5) is 13.7. The Kier molecular flexibility index (Phi) is 3.92. The van der Waals surface area contributed by atoms with Crippen LogP contribution in [0.2, 0.25) is 0 Å². The summed E-state index contributed by atoms with van der Waals surface area (Å²) in [6.45, 7) is 0. The summed E-state index contributed by atoms with van der Waals surface area (Å²) >= 11 is 0. The number of nitrogens with one attached hydrogen (secondary N) is 1. The van der Waals surface area contributed by atoms with Crippen LogP contribution in [0.25, 0.3) is 0 Å². The molecule has 19 heavy (non-hydrogen) atoms. The third-order valence-corrected chi connectivity index (χ3v) is 2.66. The molecule has 1 aliphatic heterocycles. The van der Waals surface area contributed by atoms with Gasteiger partial charge in [0.25, 0.3) is 0 Å². The summed E-state index contributed by atoms with van der Waals surface area (Å²) < 4.78 is 0. The number of rotatable bonds is 4. The minimum atomic E-state index is -0.900. The highest BCUT2D eigenvalue weighted by Crippen LogP contribution is 2.09. The fourth-order valence-electron chi connectivity index (χ4n) is 1.69. The number of nitrogens with zero attached hydrogens (tertiary/aromatic N) is 2. The summed E-state index contributed by atoms with van der Waals surface area (Å²) in [6, 6.07) is 9.86. The second-order valence-corrected chi connectivity index (χ2v) is 4.00. The van der Waals surface area contributed by atoms with Crippen molar-refractivity contribution in [1.29, 1.82) is 0 Å². The monoisotopic (exact) mass is 259 g/mol. The predicted molar refractivity (Wildman–Crippen MR) is 71.1 cm³/mol. The van der Waals surface area contributed by atoms with E-state index in [1.54, 1.807) is 0 Å². The molecule has 0 bridgehead atoms. The molecule has 0 atom stereocenters. The molecule has 1 aromatic rings. The van der Waals surface area contributed by atoms with Gasteiger partial charge in [-0.1, -0.05) is 30.3 Å². The van der Waals surface area contributed by atoms with Crippen LogP contribution in [-0.4, -0.2) is 15.9 Å². The van der Waals surface area contributed by atoms with Crippen LogP contribution in [0.4, 0.5) is 0 Å². The van der Waals surface area contributed by atoms with E-state index in [2.05, 4.69) is 10.3 Å². The number of amidine groups is 1. The Bertz CT molecular complexity index is 562. The first-order valence-corrected chi connectivity index (χ1v) is 5.78. The Balaban J connectivity index is 2.00. The van der Waals surface area contributed by atoms with Gasteiger partial charge in [-0.05, 0) is 18.1 Å². The lowest BCUT2D eigenvalue weighted by Crippen LogP contribution is -2.27. The summed E-state index contributed by atoms with van der Waals surface area (Å²) in [5.74, 6) is -0.307. The predicted octanol–water partition coefficient (Wildman–Crippen LogP) is 2.14. The molecule has 0 radical (unpaired) electrons. The van der Waals surface area contributed by atoms with Gasteiger partial charge >= 0.3 is 5.88 Å². The smallest absolute Gasteiger partial charge is 0.449 e. The number of nitro groups is 1. The maximum atomic E-state index is 10.5. The van der Waals surface area contributed by atoms with Gasteiger partial charge in [0.05, 0.1) is 0 Å². The van der Waals surface area contributed by atoms with Crippen molar-refractivity contribution < 1.29 is 10.0 Å². The molecule has 1 aromatic carbocycles. The summed E-state index contributed by atoms with van der Waals surface area (Å²) in [5.41, 5.74) is 1.22. The molecule has 1 aliphatic rings. The third kappa shape index (κ3) is 3.41. The van der Waals surface area contributed by atoms with Gasteiger partial charge in [-0.25, -0.2) is 4.99 Å². The molecule has 0 aromatic heterocycles. The van der Waals surface area contributed by atoms with Crippen LogP contribution in [0.3, 0.4) is 0 Å². The number of hydrogen-bond acceptors (Lipinski definition) is 5. The van der Waals surface area contributed by atoms with E-state index in [4.69, 9.17) is 0 Å². The minimum absolute atomic E-state index is 0.0584. The van der Waals surface area contributed by atoms with Crippen molar-refractivity contribution >= 4 is 5.84 Å². The normalized spacial score (nSPS) is 16.5. The van der Waals surface area contributed by atoms with Crippen LogP contribution in [0.15, 0.2) is 59.2 Å². The average molecular weight is 259 g/mol. The molecule has 0 saturated heterocycles. The van der Waals surface area contributed by atoms with E-state index >= 15 is 0 Å². The molecule has 6 heteroatoms. The van der Waals surface area contributed by atoms with Crippen molar-refractivity contribution in [2.45, 2.75) is 12.8 Å². The van der Waals surface area contributed by atoms with E-state index in [0.29, 0.717) is 12.3 Å². The summed E-state index contributed by atoms with van der Waals surface area (Å²) in [6.07, 6.45) is 4.19. The SMILES string of the molecule is O=[N+]([O-])C(O)=C1C=CN=C(CCc2ccccc2)N1. The molecular formula is C13H13N3O3. The third-order valence-electron chi connectivity index (χ3n) is 2.66. The van der Waals surface area contributed by atoms with E-state index in [0.717, 1.165) is 12.0 Å². The van der Waals surface area contributed by atoms with E-state index in [9.17, 15) is 15.2 Å². The second kappa shape index (κ2) is 5.81. The summed E-state index contributed by atoms with van der Waals surface area (Å²) in [7, 11) is 0. The molecule has 0 amide bonds. The number of benzene rings is 1. The standard InChI is InChI=1S/C13H13N3O3/c17-13(16(18)19)11-8-9-14-12(15-11)7-6-10-4-2-1-3-5-10/h1-5,8-9,17H,6-7H2,(H,14,15). The molecule has 98 valence electrons. The number of allylic oxidation sites excluding steroid dienone is 1. The van der Waals surface area contributed by atoms with Crippen molar-refractivity contribution in [2.75, 3.05) is 0 Å². The van der Waals surface area contributed by atoms with E-state index < -0.39 is 10.8 Å². The minimum Gasteiger partial charge on any atom is -0.454 e. The highest BCUT2D eigenvalue weighted by Gasteiger charge is 2.17. The van der Waals surface area contributed by atoms with Crippen molar-refractivity contribution in [3.05, 3.63) is 69.9 Å². The molecule has 1 heterocycles. The molecule has 0 spiro atoms. The van der Waals surface area contributed by atoms with Gasteiger partial charge in [0.2, 0.25) is 0 Å². The van der Waals surface area contributed by atoms with Crippen molar-refractivity contribution in [2.24, 2.45) is 4.99 Å². The van der Waals surface area contributed by atoms with Crippen LogP contribution < -0.4 is 5.32 Å². The Morgan fingerprint density at radius 1 is 1.32 bits per heavy atom. The van der Waals surface area contributed by atoms with E-state index in [1.807, 2.05) is 30.3 Å². The van der Waals surface area contributed by atoms with Crippen molar-refractivity contribution in [3.8, 4) is 0 Å². The molecule has 0 unspecified atom stereocenters. The molecule has 0 aliphatic carbocycles. The number of hydrogen-bond donors (Lipinski definition) is 2. The van der Waals surface area contributed by atoms with Gasteiger partial charge in [-0.2, -0.15) is 0 Å². The second-order valence-electron chi connectivity index (χ2n) is 4.00. The number of aliphatic imine (C=N–C) groups is 1. The molecule has 2 N–H and O–H groups in total. The summed E-state index contributed by atoms with van der Waals surface area (Å²) in [5, 5.41) is 22.5. The lowest BCUT2D eigenvalue weighted by molar-refractivity contribution is -0.460. The average Bonchev–Trinajstić information content (AvgIpc) is 2.45. The topological polar surface area (TPSA) is 87.8 Å². The van der Waals surface area contributed by atoms with Gasteiger partial charge in [0.15, 0.2) is 5.70 Å². The van der Waals surface area contributed by atoms with Crippen LogP contribution in [0.1, 0.15) is 12.0 Å². The Labute approximate surface area is 109 Å². The van der Waals surface area contributed by atoms with Crippen LogP contribution >= 0.6 is 0 Å². The van der Waals surface area contributed by atoms with Crippen molar-refractivity contribution in [3.63, 3.8) is 0 Å².